The van der Waals surface area contributed by atoms with Gasteiger partial charge in [-0.15, -0.1) is 24.8 Å². The van der Waals surface area contributed by atoms with E-state index in [1.807, 2.05) is 4.90 Å². The number of amides is 2. The van der Waals surface area contributed by atoms with Crippen molar-refractivity contribution in [3.63, 3.8) is 0 Å². The number of carbonyl (C=O) groups is 2. The summed E-state index contributed by atoms with van der Waals surface area (Å²) in [7, 11) is 0. The molecule has 7 nitrogen and oxygen atoms in total. The van der Waals surface area contributed by atoms with Crippen LogP contribution in [0.5, 0.6) is 0 Å². The van der Waals surface area contributed by atoms with Gasteiger partial charge in [-0.1, -0.05) is 19.3 Å². The van der Waals surface area contributed by atoms with Crippen molar-refractivity contribution in [3.8, 4) is 0 Å². The quantitative estimate of drug-likeness (QED) is 0.622. The fourth-order valence-electron chi connectivity index (χ4n) is 4.55. The van der Waals surface area contributed by atoms with Crippen LogP contribution in [-0.4, -0.2) is 80.1 Å². The van der Waals surface area contributed by atoms with E-state index in [1.54, 1.807) is 0 Å². The van der Waals surface area contributed by atoms with Crippen LogP contribution in [0.4, 0.5) is 0 Å². The number of carbonyl (C=O) groups excluding carboxylic acids is 2. The smallest absolute Gasteiger partial charge is 0.224 e. The van der Waals surface area contributed by atoms with Crippen molar-refractivity contribution in [1.29, 1.82) is 0 Å². The van der Waals surface area contributed by atoms with E-state index in [2.05, 4.69) is 10.2 Å². The average Bonchev–Trinajstić information content (AvgIpc) is 3.00. The zero-order valence-corrected chi connectivity index (χ0v) is 18.3. The minimum Gasteiger partial charge on any atom is -0.379 e. The SMILES string of the molecule is Cl.Cl.NCC1(CC(=O)NC2CC(=O)N(CCN3CCOCC3)C2)CCCCC1. The number of halogens is 2. The summed E-state index contributed by atoms with van der Waals surface area (Å²) in [5.41, 5.74) is 5.97. The monoisotopic (exact) mass is 438 g/mol. The largest absolute Gasteiger partial charge is 0.379 e. The first-order chi connectivity index (χ1) is 12.6. The van der Waals surface area contributed by atoms with E-state index < -0.39 is 0 Å². The van der Waals surface area contributed by atoms with E-state index in [1.165, 1.54) is 19.3 Å². The Morgan fingerprint density at radius 1 is 1.14 bits per heavy atom. The maximum atomic E-state index is 12.5. The van der Waals surface area contributed by atoms with Crippen molar-refractivity contribution < 1.29 is 14.3 Å². The minimum absolute atomic E-state index is 0. The van der Waals surface area contributed by atoms with Crippen LogP contribution in [0.15, 0.2) is 0 Å². The van der Waals surface area contributed by atoms with Gasteiger partial charge in [0, 0.05) is 45.6 Å². The molecular weight excluding hydrogens is 403 g/mol. The molecule has 0 spiro atoms. The highest BCUT2D eigenvalue weighted by Gasteiger charge is 2.35. The Hall–Kier alpha value is -0.600. The number of nitrogens with zero attached hydrogens (tertiary/aromatic N) is 2. The lowest BCUT2D eigenvalue weighted by Gasteiger charge is -2.36. The van der Waals surface area contributed by atoms with Gasteiger partial charge in [0.1, 0.15) is 0 Å². The van der Waals surface area contributed by atoms with Gasteiger partial charge in [-0.2, -0.15) is 0 Å². The maximum absolute atomic E-state index is 12.5. The fourth-order valence-corrected chi connectivity index (χ4v) is 4.55. The van der Waals surface area contributed by atoms with Gasteiger partial charge in [0.25, 0.3) is 0 Å². The van der Waals surface area contributed by atoms with Gasteiger partial charge in [0.2, 0.25) is 11.8 Å². The number of nitrogens with one attached hydrogen (secondary N) is 1. The molecule has 0 radical (unpaired) electrons. The standard InChI is InChI=1S/C19H34N4O3.2ClH/c20-15-19(4-2-1-3-5-19)13-17(24)21-16-12-18(25)23(14-16)7-6-22-8-10-26-11-9-22;;/h16H,1-15,20H2,(H,21,24);2*1H. The Balaban J connectivity index is 0.00000196. The molecule has 1 unspecified atom stereocenters. The zero-order chi connectivity index (χ0) is 18.4. The molecule has 2 amide bonds. The normalized spacial score (nSPS) is 25.0. The lowest BCUT2D eigenvalue weighted by atomic mass is 9.71. The average molecular weight is 439 g/mol. The summed E-state index contributed by atoms with van der Waals surface area (Å²) in [6, 6.07) is -0.0573. The molecule has 2 aliphatic heterocycles. The van der Waals surface area contributed by atoms with Gasteiger partial charge in [0.15, 0.2) is 0 Å². The van der Waals surface area contributed by atoms with Crippen LogP contribution in [0.2, 0.25) is 0 Å². The molecule has 3 N–H and O–H groups in total. The molecule has 2 heterocycles. The summed E-state index contributed by atoms with van der Waals surface area (Å²) in [4.78, 5) is 29.0. The zero-order valence-electron chi connectivity index (χ0n) is 16.7. The van der Waals surface area contributed by atoms with Crippen LogP contribution in [0.25, 0.3) is 0 Å². The predicted molar refractivity (Wildman–Crippen MR) is 114 cm³/mol. The van der Waals surface area contributed by atoms with E-state index in [0.717, 1.165) is 52.2 Å². The number of morpholine rings is 1. The number of rotatable bonds is 7. The molecule has 3 fully saturated rings. The van der Waals surface area contributed by atoms with Crippen molar-refractivity contribution >= 4 is 36.6 Å². The lowest BCUT2D eigenvalue weighted by molar-refractivity contribution is -0.128. The van der Waals surface area contributed by atoms with E-state index in [4.69, 9.17) is 10.5 Å². The van der Waals surface area contributed by atoms with Crippen LogP contribution < -0.4 is 11.1 Å². The molecule has 0 aromatic carbocycles. The number of likely N-dealkylation sites (tertiary alicyclic amines) is 1. The summed E-state index contributed by atoms with van der Waals surface area (Å²) in [6.45, 7) is 6.24. The van der Waals surface area contributed by atoms with Crippen molar-refractivity contribution in [2.24, 2.45) is 11.1 Å². The van der Waals surface area contributed by atoms with Gasteiger partial charge in [0.05, 0.1) is 19.3 Å². The Kier molecular flexibility index (Phi) is 11.1. The molecule has 3 rings (SSSR count). The van der Waals surface area contributed by atoms with Crippen LogP contribution in [0, 0.1) is 5.41 Å². The molecule has 28 heavy (non-hydrogen) atoms. The topological polar surface area (TPSA) is 87.9 Å². The summed E-state index contributed by atoms with van der Waals surface area (Å²) in [5.74, 6) is 0.208. The Morgan fingerprint density at radius 3 is 2.46 bits per heavy atom. The van der Waals surface area contributed by atoms with Crippen molar-refractivity contribution in [2.75, 3.05) is 52.5 Å². The second-order valence-corrected chi connectivity index (χ2v) is 8.20. The van der Waals surface area contributed by atoms with Gasteiger partial charge < -0.3 is 20.7 Å². The van der Waals surface area contributed by atoms with Crippen molar-refractivity contribution in [3.05, 3.63) is 0 Å². The molecule has 1 aliphatic carbocycles. The molecule has 1 atom stereocenters. The minimum atomic E-state index is -0.0573. The highest BCUT2D eigenvalue weighted by atomic mass is 35.5. The molecular formula is C19H36Cl2N4O3. The van der Waals surface area contributed by atoms with Crippen LogP contribution in [-0.2, 0) is 14.3 Å². The molecule has 0 bridgehead atoms. The van der Waals surface area contributed by atoms with Crippen molar-refractivity contribution in [2.45, 2.75) is 51.0 Å². The van der Waals surface area contributed by atoms with Gasteiger partial charge >= 0.3 is 0 Å². The maximum Gasteiger partial charge on any atom is 0.224 e. The number of nitrogens with two attached hydrogens (primary N) is 1. The Bertz CT molecular complexity index is 498. The van der Waals surface area contributed by atoms with Crippen LogP contribution in [0.1, 0.15) is 44.9 Å². The molecule has 9 heteroatoms. The van der Waals surface area contributed by atoms with Gasteiger partial charge in [-0.3, -0.25) is 14.5 Å². The Labute approximate surface area is 180 Å². The summed E-state index contributed by atoms with van der Waals surface area (Å²) in [5, 5.41) is 3.09. The van der Waals surface area contributed by atoms with Crippen molar-refractivity contribution in [1.82, 2.24) is 15.1 Å². The highest BCUT2D eigenvalue weighted by Crippen LogP contribution is 2.38. The molecule has 1 saturated carbocycles. The molecule has 3 aliphatic rings. The van der Waals surface area contributed by atoms with E-state index in [9.17, 15) is 9.59 Å². The Morgan fingerprint density at radius 2 is 1.82 bits per heavy atom. The predicted octanol–water partition coefficient (Wildman–Crippen LogP) is 1.18. The summed E-state index contributed by atoms with van der Waals surface area (Å²) < 4.78 is 5.35. The first-order valence-electron chi connectivity index (χ1n) is 10.2. The third kappa shape index (κ3) is 7.02. The third-order valence-electron chi connectivity index (χ3n) is 6.25. The number of ether oxygens (including phenoxy) is 1. The fraction of sp³-hybridized carbons (Fsp3) is 0.895. The van der Waals surface area contributed by atoms with E-state index >= 15 is 0 Å². The summed E-state index contributed by atoms with van der Waals surface area (Å²) in [6.07, 6.45) is 6.60. The van der Waals surface area contributed by atoms with Crippen LogP contribution >= 0.6 is 24.8 Å². The van der Waals surface area contributed by atoms with E-state index in [-0.39, 0.29) is 48.1 Å². The molecule has 164 valence electrons. The van der Waals surface area contributed by atoms with Crippen LogP contribution in [0.3, 0.4) is 0 Å². The second-order valence-electron chi connectivity index (χ2n) is 8.20. The molecule has 2 saturated heterocycles. The first-order valence-corrected chi connectivity index (χ1v) is 10.2. The number of hydrogen-bond donors (Lipinski definition) is 2. The van der Waals surface area contributed by atoms with E-state index in [0.29, 0.717) is 25.9 Å². The molecule has 0 aromatic heterocycles. The highest BCUT2D eigenvalue weighted by molar-refractivity contribution is 5.85. The lowest BCUT2D eigenvalue weighted by Crippen LogP contribution is -2.44. The third-order valence-corrected chi connectivity index (χ3v) is 6.25. The summed E-state index contributed by atoms with van der Waals surface area (Å²) >= 11 is 0. The first kappa shape index (κ1) is 25.4. The second kappa shape index (κ2) is 12.2. The van der Waals surface area contributed by atoms with Gasteiger partial charge in [-0.25, -0.2) is 0 Å². The number of hydrogen-bond acceptors (Lipinski definition) is 5. The van der Waals surface area contributed by atoms with Gasteiger partial charge in [-0.05, 0) is 24.8 Å². The molecule has 0 aromatic rings.